The highest BCUT2D eigenvalue weighted by atomic mass is 16.2. The molecule has 0 atom stereocenters. The van der Waals surface area contributed by atoms with E-state index in [9.17, 15) is 9.59 Å². The van der Waals surface area contributed by atoms with Gasteiger partial charge in [-0.1, -0.05) is 24.3 Å². The maximum absolute atomic E-state index is 12.4. The lowest BCUT2D eigenvalue weighted by atomic mass is 10.1. The van der Waals surface area contributed by atoms with E-state index in [0.29, 0.717) is 23.7 Å². The molecule has 1 amide bonds. The van der Waals surface area contributed by atoms with Crippen molar-refractivity contribution in [1.82, 2.24) is 30.1 Å². The van der Waals surface area contributed by atoms with E-state index in [1.54, 1.807) is 24.3 Å². The molecule has 25 heavy (non-hydrogen) atoms. The van der Waals surface area contributed by atoms with Crippen molar-refractivity contribution in [3.8, 4) is 0 Å². The molecule has 0 aliphatic rings. The van der Waals surface area contributed by atoms with Crippen LogP contribution in [0.1, 0.15) is 16.3 Å². The second-order valence-electron chi connectivity index (χ2n) is 5.50. The molecule has 3 aromatic heterocycles. The van der Waals surface area contributed by atoms with Gasteiger partial charge < -0.3 is 5.32 Å². The predicted molar refractivity (Wildman–Crippen MR) is 91.4 cm³/mol. The van der Waals surface area contributed by atoms with Gasteiger partial charge in [-0.25, -0.2) is 5.10 Å². The highest BCUT2D eigenvalue weighted by molar-refractivity contribution is 6.04. The minimum Gasteiger partial charge on any atom is -0.350 e. The van der Waals surface area contributed by atoms with Crippen LogP contribution in [0.25, 0.3) is 16.4 Å². The van der Waals surface area contributed by atoms with Crippen LogP contribution >= 0.6 is 0 Å². The van der Waals surface area contributed by atoms with E-state index < -0.39 is 0 Å². The molecule has 0 aliphatic heterocycles. The normalized spacial score (nSPS) is 11.0. The zero-order valence-corrected chi connectivity index (χ0v) is 13.1. The number of aromatic nitrogens is 5. The lowest BCUT2D eigenvalue weighted by molar-refractivity contribution is 0.0950. The van der Waals surface area contributed by atoms with Crippen LogP contribution in [0.4, 0.5) is 0 Å². The van der Waals surface area contributed by atoms with Crippen molar-refractivity contribution in [1.29, 1.82) is 0 Å². The van der Waals surface area contributed by atoms with Gasteiger partial charge in [-0.3, -0.25) is 14.0 Å². The van der Waals surface area contributed by atoms with Crippen molar-refractivity contribution in [3.63, 3.8) is 0 Å². The molecule has 0 fully saturated rings. The molecule has 8 heteroatoms. The SMILES string of the molecule is O=C(NCCc1nnc2ccccn12)c1n[nH]c(=O)c2ccccc12. The van der Waals surface area contributed by atoms with Gasteiger partial charge >= 0.3 is 0 Å². The van der Waals surface area contributed by atoms with E-state index in [4.69, 9.17) is 0 Å². The van der Waals surface area contributed by atoms with Gasteiger partial charge in [0.05, 0.1) is 5.39 Å². The Morgan fingerprint density at radius 3 is 2.76 bits per heavy atom. The molecule has 124 valence electrons. The fourth-order valence-corrected chi connectivity index (χ4v) is 2.72. The summed E-state index contributed by atoms with van der Waals surface area (Å²) in [5.41, 5.74) is 0.639. The van der Waals surface area contributed by atoms with E-state index >= 15 is 0 Å². The summed E-state index contributed by atoms with van der Waals surface area (Å²) in [4.78, 5) is 24.2. The molecule has 0 aliphatic carbocycles. The summed E-state index contributed by atoms with van der Waals surface area (Å²) < 4.78 is 1.87. The molecule has 0 saturated carbocycles. The van der Waals surface area contributed by atoms with Crippen LogP contribution in [-0.2, 0) is 6.42 Å². The monoisotopic (exact) mass is 334 g/mol. The van der Waals surface area contributed by atoms with Gasteiger partial charge in [0, 0.05) is 24.5 Å². The number of pyridine rings is 1. The summed E-state index contributed by atoms with van der Waals surface area (Å²) in [6.07, 6.45) is 2.40. The number of aromatic amines is 1. The fourth-order valence-electron chi connectivity index (χ4n) is 2.72. The van der Waals surface area contributed by atoms with E-state index in [0.717, 1.165) is 11.5 Å². The molecule has 3 heterocycles. The summed E-state index contributed by atoms with van der Waals surface area (Å²) in [6, 6.07) is 12.5. The molecular weight excluding hydrogens is 320 g/mol. The first kappa shape index (κ1) is 15.0. The summed E-state index contributed by atoms with van der Waals surface area (Å²) in [7, 11) is 0. The Balaban J connectivity index is 1.51. The summed E-state index contributed by atoms with van der Waals surface area (Å²) in [6.45, 7) is 0.379. The van der Waals surface area contributed by atoms with Gasteiger partial charge in [-0.15, -0.1) is 10.2 Å². The maximum atomic E-state index is 12.4. The van der Waals surface area contributed by atoms with Crippen molar-refractivity contribution in [2.75, 3.05) is 6.54 Å². The number of carbonyl (C=O) groups excluding carboxylic acids is 1. The zero-order valence-electron chi connectivity index (χ0n) is 13.1. The molecule has 0 unspecified atom stereocenters. The molecule has 0 saturated heterocycles. The quantitative estimate of drug-likeness (QED) is 0.578. The van der Waals surface area contributed by atoms with Gasteiger partial charge in [0.15, 0.2) is 11.3 Å². The van der Waals surface area contributed by atoms with E-state index in [1.165, 1.54) is 0 Å². The standard InChI is InChI=1S/C17H14N6O2/c24-16-12-6-2-1-5-11(12)15(21-22-16)17(25)18-9-8-14-20-19-13-7-3-4-10-23(13)14/h1-7,10H,8-9H2,(H,18,25)(H,22,24). The summed E-state index contributed by atoms with van der Waals surface area (Å²) >= 11 is 0. The van der Waals surface area contributed by atoms with Gasteiger partial charge in [-0.2, -0.15) is 5.10 Å². The van der Waals surface area contributed by atoms with Crippen LogP contribution in [0.5, 0.6) is 0 Å². The Kier molecular flexibility index (Phi) is 3.70. The maximum Gasteiger partial charge on any atom is 0.272 e. The Bertz CT molecular complexity index is 1130. The van der Waals surface area contributed by atoms with E-state index in [2.05, 4.69) is 25.7 Å². The van der Waals surface area contributed by atoms with Gasteiger partial charge in [0.2, 0.25) is 0 Å². The minimum atomic E-state index is -0.346. The van der Waals surface area contributed by atoms with Crippen molar-refractivity contribution in [3.05, 3.63) is 70.5 Å². The molecule has 8 nitrogen and oxygen atoms in total. The lowest BCUT2D eigenvalue weighted by Crippen LogP contribution is -2.28. The molecular formula is C17H14N6O2. The van der Waals surface area contributed by atoms with Gasteiger partial charge in [0.25, 0.3) is 11.5 Å². The number of amides is 1. The molecule has 0 radical (unpaired) electrons. The summed E-state index contributed by atoms with van der Waals surface area (Å²) in [5, 5.41) is 18.2. The largest absolute Gasteiger partial charge is 0.350 e. The highest BCUT2D eigenvalue weighted by Crippen LogP contribution is 2.12. The molecule has 4 rings (SSSR count). The molecule has 0 spiro atoms. The number of nitrogens with zero attached hydrogens (tertiary/aromatic N) is 4. The second-order valence-corrected chi connectivity index (χ2v) is 5.50. The third kappa shape index (κ3) is 2.74. The zero-order chi connectivity index (χ0) is 17.2. The number of H-pyrrole nitrogens is 1. The Labute approximate surface area is 141 Å². The summed E-state index contributed by atoms with van der Waals surface area (Å²) in [5.74, 6) is 0.413. The second kappa shape index (κ2) is 6.16. The van der Waals surface area contributed by atoms with Crippen LogP contribution in [0.2, 0.25) is 0 Å². The number of fused-ring (bicyclic) bond motifs is 2. The van der Waals surface area contributed by atoms with Crippen molar-refractivity contribution in [2.45, 2.75) is 6.42 Å². The van der Waals surface area contributed by atoms with Crippen LogP contribution in [0, 0.1) is 0 Å². The number of benzene rings is 1. The van der Waals surface area contributed by atoms with E-state index in [1.807, 2.05) is 28.8 Å². The average molecular weight is 334 g/mol. The first-order valence-electron chi connectivity index (χ1n) is 7.78. The molecule has 2 N–H and O–H groups in total. The van der Waals surface area contributed by atoms with Crippen LogP contribution in [-0.4, -0.2) is 37.2 Å². The smallest absolute Gasteiger partial charge is 0.272 e. The number of hydrogen-bond acceptors (Lipinski definition) is 5. The first-order chi connectivity index (χ1) is 12.2. The Hall–Kier alpha value is -3.55. The van der Waals surface area contributed by atoms with Crippen molar-refractivity contribution < 1.29 is 4.79 Å². The molecule has 4 aromatic rings. The van der Waals surface area contributed by atoms with Crippen molar-refractivity contribution in [2.24, 2.45) is 0 Å². The fraction of sp³-hybridized carbons (Fsp3) is 0.118. The van der Waals surface area contributed by atoms with Crippen LogP contribution < -0.4 is 10.9 Å². The van der Waals surface area contributed by atoms with Gasteiger partial charge in [0.1, 0.15) is 5.82 Å². The van der Waals surface area contributed by atoms with Crippen LogP contribution in [0.3, 0.4) is 0 Å². The predicted octanol–water partition coefficient (Wildman–Crippen LogP) is 0.938. The Morgan fingerprint density at radius 1 is 1.08 bits per heavy atom. The van der Waals surface area contributed by atoms with Gasteiger partial charge in [-0.05, 0) is 18.2 Å². The average Bonchev–Trinajstić information content (AvgIpc) is 3.05. The first-order valence-corrected chi connectivity index (χ1v) is 7.78. The third-order valence-corrected chi connectivity index (χ3v) is 3.93. The topological polar surface area (TPSA) is 105 Å². The number of rotatable bonds is 4. The highest BCUT2D eigenvalue weighted by Gasteiger charge is 2.14. The van der Waals surface area contributed by atoms with E-state index in [-0.39, 0.29) is 17.2 Å². The number of hydrogen-bond donors (Lipinski definition) is 2. The lowest BCUT2D eigenvalue weighted by Gasteiger charge is -2.06. The molecule has 1 aromatic carbocycles. The number of carbonyl (C=O) groups is 1. The van der Waals surface area contributed by atoms with Crippen LogP contribution in [0.15, 0.2) is 53.5 Å². The third-order valence-electron chi connectivity index (χ3n) is 3.93. The Morgan fingerprint density at radius 2 is 1.88 bits per heavy atom. The number of nitrogens with one attached hydrogen (secondary N) is 2. The van der Waals surface area contributed by atoms with Crippen molar-refractivity contribution >= 4 is 22.3 Å². The molecule has 0 bridgehead atoms. The minimum absolute atomic E-state index is 0.196.